The number of rotatable bonds is 8. The van der Waals surface area contributed by atoms with Gasteiger partial charge in [0.2, 0.25) is 0 Å². The summed E-state index contributed by atoms with van der Waals surface area (Å²) in [6, 6.07) is 5.32. The molecule has 0 heterocycles. The van der Waals surface area contributed by atoms with E-state index in [1.54, 1.807) is 0 Å². The largest absolute Gasteiger partial charge is 0.416 e. The van der Waals surface area contributed by atoms with E-state index < -0.39 is 11.7 Å². The van der Waals surface area contributed by atoms with Crippen molar-refractivity contribution in [2.75, 3.05) is 19.8 Å². The van der Waals surface area contributed by atoms with Gasteiger partial charge in [0.05, 0.1) is 5.56 Å². The van der Waals surface area contributed by atoms with Crippen molar-refractivity contribution in [2.24, 2.45) is 5.92 Å². The number of nitrogens with one attached hydrogen (secondary N) is 1. The van der Waals surface area contributed by atoms with Gasteiger partial charge in [0, 0.05) is 19.3 Å². The zero-order chi connectivity index (χ0) is 15.9. The van der Waals surface area contributed by atoms with Gasteiger partial charge >= 0.3 is 6.18 Å². The van der Waals surface area contributed by atoms with Gasteiger partial charge in [-0.2, -0.15) is 13.2 Å². The highest BCUT2D eigenvalue weighted by molar-refractivity contribution is 5.26. The average Bonchev–Trinajstić information content (AvgIpc) is 2.41. The second-order valence-corrected chi connectivity index (χ2v) is 5.62. The Kier molecular flexibility index (Phi) is 7.18. The molecular formula is C16H24F3NO. The number of benzene rings is 1. The van der Waals surface area contributed by atoms with Gasteiger partial charge in [0.1, 0.15) is 0 Å². The number of ether oxygens (including phenoxy) is 1. The van der Waals surface area contributed by atoms with Crippen LogP contribution >= 0.6 is 0 Å². The van der Waals surface area contributed by atoms with Crippen LogP contribution in [-0.2, 0) is 10.9 Å². The summed E-state index contributed by atoms with van der Waals surface area (Å²) < 4.78 is 42.9. The van der Waals surface area contributed by atoms with E-state index in [-0.39, 0.29) is 6.04 Å². The molecule has 1 rings (SSSR count). The molecule has 0 saturated carbocycles. The third-order valence-electron chi connectivity index (χ3n) is 3.11. The van der Waals surface area contributed by atoms with Crippen molar-refractivity contribution in [1.82, 2.24) is 5.32 Å². The fourth-order valence-electron chi connectivity index (χ4n) is 1.89. The van der Waals surface area contributed by atoms with E-state index in [0.717, 1.165) is 37.3 Å². The summed E-state index contributed by atoms with van der Waals surface area (Å²) in [4.78, 5) is 0. The Bertz CT molecular complexity index is 401. The molecule has 5 heteroatoms. The molecule has 0 aliphatic carbocycles. The van der Waals surface area contributed by atoms with Crippen LogP contribution < -0.4 is 5.32 Å². The molecular weight excluding hydrogens is 279 g/mol. The van der Waals surface area contributed by atoms with E-state index in [1.165, 1.54) is 12.1 Å². The van der Waals surface area contributed by atoms with Crippen LogP contribution in [0.3, 0.4) is 0 Å². The minimum absolute atomic E-state index is 0.0254. The monoisotopic (exact) mass is 303 g/mol. The van der Waals surface area contributed by atoms with Gasteiger partial charge in [-0.15, -0.1) is 0 Å². The van der Waals surface area contributed by atoms with E-state index in [9.17, 15) is 13.2 Å². The molecule has 1 unspecified atom stereocenters. The van der Waals surface area contributed by atoms with Crippen molar-refractivity contribution in [3.63, 3.8) is 0 Å². The van der Waals surface area contributed by atoms with Gasteiger partial charge < -0.3 is 10.1 Å². The van der Waals surface area contributed by atoms with Crippen LogP contribution in [0.5, 0.6) is 0 Å². The minimum atomic E-state index is -4.27. The Morgan fingerprint density at radius 3 is 2.24 bits per heavy atom. The first-order valence-corrected chi connectivity index (χ1v) is 7.29. The van der Waals surface area contributed by atoms with Crippen molar-refractivity contribution < 1.29 is 17.9 Å². The first-order chi connectivity index (χ1) is 9.80. The van der Waals surface area contributed by atoms with E-state index in [1.807, 2.05) is 6.92 Å². The number of hydrogen-bond acceptors (Lipinski definition) is 2. The highest BCUT2D eigenvalue weighted by Crippen LogP contribution is 2.29. The molecule has 1 N–H and O–H groups in total. The molecule has 0 spiro atoms. The second kappa shape index (κ2) is 8.39. The molecule has 2 nitrogen and oxygen atoms in total. The van der Waals surface area contributed by atoms with Crippen LogP contribution in [0.4, 0.5) is 13.2 Å². The number of halogens is 3. The van der Waals surface area contributed by atoms with Crippen molar-refractivity contribution in [3.05, 3.63) is 35.4 Å². The lowest BCUT2D eigenvalue weighted by Gasteiger charge is -2.15. The van der Waals surface area contributed by atoms with Gasteiger partial charge in [-0.1, -0.05) is 26.0 Å². The number of hydrogen-bond donors (Lipinski definition) is 1. The Morgan fingerprint density at radius 2 is 1.71 bits per heavy atom. The zero-order valence-electron chi connectivity index (χ0n) is 12.8. The standard InChI is InChI=1S/C16H24F3NO/c1-12(2)11-21-10-4-9-20-13(3)14-5-7-15(8-6-14)16(17,18)19/h5-8,12-13,20H,4,9-11H2,1-3H3. The van der Waals surface area contributed by atoms with Gasteiger partial charge in [-0.3, -0.25) is 0 Å². The fraction of sp³-hybridized carbons (Fsp3) is 0.625. The van der Waals surface area contributed by atoms with Crippen LogP contribution in [0.2, 0.25) is 0 Å². The minimum Gasteiger partial charge on any atom is -0.381 e. The van der Waals surface area contributed by atoms with Crippen molar-refractivity contribution in [1.29, 1.82) is 0 Å². The average molecular weight is 303 g/mol. The topological polar surface area (TPSA) is 21.3 Å². The van der Waals surface area contributed by atoms with Crippen LogP contribution in [0, 0.1) is 5.92 Å². The van der Waals surface area contributed by atoms with Crippen LogP contribution in [0.25, 0.3) is 0 Å². The molecule has 0 amide bonds. The fourth-order valence-corrected chi connectivity index (χ4v) is 1.89. The van der Waals surface area contributed by atoms with E-state index in [2.05, 4.69) is 19.2 Å². The lowest BCUT2D eigenvalue weighted by Crippen LogP contribution is -2.21. The molecule has 0 bridgehead atoms. The van der Waals surface area contributed by atoms with Gasteiger partial charge in [-0.25, -0.2) is 0 Å². The van der Waals surface area contributed by atoms with E-state index in [0.29, 0.717) is 12.5 Å². The van der Waals surface area contributed by atoms with Crippen molar-refractivity contribution >= 4 is 0 Å². The Balaban J connectivity index is 2.30. The highest BCUT2D eigenvalue weighted by Gasteiger charge is 2.30. The van der Waals surface area contributed by atoms with Crippen molar-refractivity contribution in [2.45, 2.75) is 39.4 Å². The summed E-state index contributed by atoms with van der Waals surface area (Å²) in [5.74, 6) is 0.532. The van der Waals surface area contributed by atoms with E-state index >= 15 is 0 Å². The van der Waals surface area contributed by atoms with Crippen LogP contribution in [-0.4, -0.2) is 19.8 Å². The van der Waals surface area contributed by atoms with Crippen molar-refractivity contribution in [3.8, 4) is 0 Å². The molecule has 0 radical (unpaired) electrons. The second-order valence-electron chi connectivity index (χ2n) is 5.62. The Labute approximate surface area is 124 Å². The van der Waals surface area contributed by atoms with Gasteiger partial charge in [0.15, 0.2) is 0 Å². The van der Waals surface area contributed by atoms with Gasteiger partial charge in [-0.05, 0) is 43.5 Å². The summed E-state index contributed by atoms with van der Waals surface area (Å²) in [5, 5.41) is 3.28. The molecule has 0 aliphatic heterocycles. The number of alkyl halides is 3. The SMILES string of the molecule is CC(C)COCCCNC(C)c1ccc(C(F)(F)F)cc1. The molecule has 1 aromatic carbocycles. The third kappa shape index (κ3) is 6.96. The summed E-state index contributed by atoms with van der Waals surface area (Å²) in [6.07, 6.45) is -3.39. The molecule has 0 saturated heterocycles. The van der Waals surface area contributed by atoms with Crippen LogP contribution in [0.1, 0.15) is 44.4 Å². The quantitative estimate of drug-likeness (QED) is 0.718. The summed E-state index contributed by atoms with van der Waals surface area (Å²) in [6.45, 7) is 8.38. The maximum absolute atomic E-state index is 12.5. The molecule has 21 heavy (non-hydrogen) atoms. The molecule has 1 aromatic rings. The Morgan fingerprint density at radius 1 is 1.10 bits per heavy atom. The lowest BCUT2D eigenvalue weighted by molar-refractivity contribution is -0.137. The molecule has 120 valence electrons. The summed E-state index contributed by atoms with van der Waals surface area (Å²) >= 11 is 0. The summed E-state index contributed by atoms with van der Waals surface area (Å²) in [5.41, 5.74) is 0.242. The molecule has 0 fully saturated rings. The predicted molar refractivity (Wildman–Crippen MR) is 78.1 cm³/mol. The highest BCUT2D eigenvalue weighted by atomic mass is 19.4. The van der Waals surface area contributed by atoms with E-state index in [4.69, 9.17) is 4.74 Å². The normalized spacial score (nSPS) is 13.7. The smallest absolute Gasteiger partial charge is 0.381 e. The maximum atomic E-state index is 12.5. The Hall–Kier alpha value is -1.07. The first-order valence-electron chi connectivity index (χ1n) is 7.29. The summed E-state index contributed by atoms with van der Waals surface area (Å²) in [7, 11) is 0. The molecule has 0 aromatic heterocycles. The van der Waals surface area contributed by atoms with Crippen LogP contribution in [0.15, 0.2) is 24.3 Å². The predicted octanol–water partition coefficient (Wildman–Crippen LogP) is 4.42. The first kappa shape index (κ1) is 18.0. The third-order valence-corrected chi connectivity index (χ3v) is 3.11. The molecule has 1 atom stereocenters. The zero-order valence-corrected chi connectivity index (χ0v) is 12.8. The lowest BCUT2D eigenvalue weighted by atomic mass is 10.1. The molecule has 0 aliphatic rings. The van der Waals surface area contributed by atoms with Gasteiger partial charge in [0.25, 0.3) is 0 Å². The maximum Gasteiger partial charge on any atom is 0.416 e.